The summed E-state index contributed by atoms with van der Waals surface area (Å²) in [4.78, 5) is 14.1. The van der Waals surface area contributed by atoms with Gasteiger partial charge in [-0.2, -0.15) is 0 Å². The fraction of sp³-hybridized carbons (Fsp3) is 0.278. The molecule has 0 fully saturated rings. The van der Waals surface area contributed by atoms with Crippen molar-refractivity contribution in [3.05, 3.63) is 71.3 Å². The van der Waals surface area contributed by atoms with Crippen LogP contribution in [0.4, 0.5) is 0 Å². The van der Waals surface area contributed by atoms with Crippen LogP contribution in [0.5, 0.6) is 0 Å². The van der Waals surface area contributed by atoms with E-state index in [1.807, 2.05) is 49.5 Å². The van der Waals surface area contributed by atoms with Gasteiger partial charge < -0.3 is 10.6 Å². The highest BCUT2D eigenvalue weighted by Crippen LogP contribution is 2.10. The van der Waals surface area contributed by atoms with Crippen molar-refractivity contribution in [1.82, 2.24) is 4.90 Å². The van der Waals surface area contributed by atoms with E-state index in [9.17, 15) is 4.79 Å². The molecule has 0 aromatic heterocycles. The first kappa shape index (κ1) is 15.3. The monoisotopic (exact) mass is 282 g/mol. The molecule has 0 spiro atoms. The summed E-state index contributed by atoms with van der Waals surface area (Å²) < 4.78 is 0. The van der Waals surface area contributed by atoms with Gasteiger partial charge in [-0.25, -0.2) is 0 Å². The van der Waals surface area contributed by atoms with Crippen molar-refractivity contribution in [2.45, 2.75) is 19.4 Å². The van der Waals surface area contributed by atoms with Crippen molar-refractivity contribution < 1.29 is 4.79 Å². The fourth-order valence-corrected chi connectivity index (χ4v) is 2.29. The Bertz CT molecular complexity index is 581. The van der Waals surface area contributed by atoms with Crippen molar-refractivity contribution in [2.75, 3.05) is 13.6 Å². The molecule has 2 rings (SSSR count). The van der Waals surface area contributed by atoms with E-state index in [2.05, 4.69) is 12.1 Å². The molecule has 3 heteroatoms. The Kier molecular flexibility index (Phi) is 5.52. The number of likely N-dealkylation sites (N-methyl/N-ethyl adjacent to an activating group) is 1. The lowest BCUT2D eigenvalue weighted by Crippen LogP contribution is -2.30. The highest BCUT2D eigenvalue weighted by atomic mass is 16.2. The first-order valence-corrected chi connectivity index (χ1v) is 7.25. The minimum absolute atomic E-state index is 0.131. The predicted molar refractivity (Wildman–Crippen MR) is 85.8 cm³/mol. The van der Waals surface area contributed by atoms with Gasteiger partial charge >= 0.3 is 0 Å². The topological polar surface area (TPSA) is 46.3 Å². The van der Waals surface area contributed by atoms with Crippen LogP contribution in [0, 0.1) is 0 Å². The number of nitrogens with zero attached hydrogens (tertiary/aromatic N) is 1. The number of hydrogen-bond donors (Lipinski definition) is 1. The van der Waals surface area contributed by atoms with Crippen molar-refractivity contribution in [3.63, 3.8) is 0 Å². The Morgan fingerprint density at radius 1 is 1.00 bits per heavy atom. The summed E-state index contributed by atoms with van der Waals surface area (Å²) in [7, 11) is 1.86. The van der Waals surface area contributed by atoms with E-state index < -0.39 is 0 Å². The van der Waals surface area contributed by atoms with Crippen LogP contribution in [-0.4, -0.2) is 24.4 Å². The standard InChI is InChI=1S/C18H22N2O/c1-20(12-11-15-7-3-2-4-8-15)18(21)13-16-9-5-6-10-17(16)14-19/h2-10H,11-14,19H2,1H3. The number of benzene rings is 2. The molecule has 0 heterocycles. The van der Waals surface area contributed by atoms with Gasteiger partial charge in [0, 0.05) is 20.1 Å². The number of rotatable bonds is 6. The third-order valence-electron chi connectivity index (χ3n) is 3.68. The molecule has 0 aliphatic carbocycles. The van der Waals surface area contributed by atoms with Crippen LogP contribution in [0.3, 0.4) is 0 Å². The third kappa shape index (κ3) is 4.43. The van der Waals surface area contributed by atoms with Gasteiger partial charge in [-0.15, -0.1) is 0 Å². The number of carbonyl (C=O) groups is 1. The van der Waals surface area contributed by atoms with Crippen LogP contribution in [0.2, 0.25) is 0 Å². The van der Waals surface area contributed by atoms with E-state index in [0.717, 1.165) is 24.1 Å². The zero-order valence-electron chi connectivity index (χ0n) is 12.5. The minimum atomic E-state index is 0.131. The van der Waals surface area contributed by atoms with Gasteiger partial charge in [-0.3, -0.25) is 4.79 Å². The molecule has 0 aliphatic rings. The first-order chi connectivity index (χ1) is 10.2. The highest BCUT2D eigenvalue weighted by molar-refractivity contribution is 5.78. The molecular weight excluding hydrogens is 260 g/mol. The Labute approximate surface area is 126 Å². The molecule has 110 valence electrons. The Balaban J connectivity index is 1.90. The minimum Gasteiger partial charge on any atom is -0.345 e. The lowest BCUT2D eigenvalue weighted by Gasteiger charge is -2.18. The first-order valence-electron chi connectivity index (χ1n) is 7.25. The molecule has 2 aromatic carbocycles. The molecule has 0 radical (unpaired) electrons. The summed E-state index contributed by atoms with van der Waals surface area (Å²) in [6.45, 7) is 1.20. The smallest absolute Gasteiger partial charge is 0.226 e. The summed E-state index contributed by atoms with van der Waals surface area (Å²) in [6.07, 6.45) is 1.29. The Hall–Kier alpha value is -2.13. The Morgan fingerprint density at radius 2 is 1.62 bits per heavy atom. The van der Waals surface area contributed by atoms with Crippen molar-refractivity contribution in [3.8, 4) is 0 Å². The molecule has 0 aliphatic heterocycles. The quantitative estimate of drug-likeness (QED) is 0.884. The van der Waals surface area contributed by atoms with E-state index in [4.69, 9.17) is 5.73 Å². The molecule has 3 nitrogen and oxygen atoms in total. The summed E-state index contributed by atoms with van der Waals surface area (Å²) in [5.41, 5.74) is 9.03. The molecule has 21 heavy (non-hydrogen) atoms. The summed E-state index contributed by atoms with van der Waals surface area (Å²) in [6, 6.07) is 18.1. The average Bonchev–Trinajstić information content (AvgIpc) is 2.54. The maximum Gasteiger partial charge on any atom is 0.226 e. The molecule has 0 atom stereocenters. The summed E-state index contributed by atoms with van der Waals surface area (Å²) in [5.74, 6) is 0.131. The van der Waals surface area contributed by atoms with Gasteiger partial charge in [0.2, 0.25) is 5.91 Å². The third-order valence-corrected chi connectivity index (χ3v) is 3.68. The van der Waals surface area contributed by atoms with Gasteiger partial charge in [0.15, 0.2) is 0 Å². The molecule has 1 amide bonds. The lowest BCUT2D eigenvalue weighted by atomic mass is 10.0. The molecule has 0 unspecified atom stereocenters. The van der Waals surface area contributed by atoms with Crippen LogP contribution >= 0.6 is 0 Å². The van der Waals surface area contributed by atoms with E-state index in [1.54, 1.807) is 4.90 Å². The average molecular weight is 282 g/mol. The molecule has 0 saturated heterocycles. The van der Waals surface area contributed by atoms with E-state index in [0.29, 0.717) is 13.0 Å². The number of hydrogen-bond acceptors (Lipinski definition) is 2. The number of carbonyl (C=O) groups excluding carboxylic acids is 1. The number of amides is 1. The molecule has 2 aromatic rings. The van der Waals surface area contributed by atoms with Crippen molar-refractivity contribution in [1.29, 1.82) is 0 Å². The van der Waals surface area contributed by atoms with Gasteiger partial charge in [-0.05, 0) is 23.1 Å². The molecule has 2 N–H and O–H groups in total. The maximum atomic E-state index is 12.3. The molecular formula is C18H22N2O. The largest absolute Gasteiger partial charge is 0.345 e. The van der Waals surface area contributed by atoms with Crippen molar-refractivity contribution in [2.24, 2.45) is 5.73 Å². The fourth-order valence-electron chi connectivity index (χ4n) is 2.29. The molecule has 0 saturated carbocycles. The van der Waals surface area contributed by atoms with Gasteiger partial charge in [0.1, 0.15) is 0 Å². The second-order valence-electron chi connectivity index (χ2n) is 5.20. The van der Waals surface area contributed by atoms with E-state index in [-0.39, 0.29) is 5.91 Å². The van der Waals surface area contributed by atoms with Crippen LogP contribution in [0.25, 0.3) is 0 Å². The predicted octanol–water partition coefficient (Wildman–Crippen LogP) is 2.39. The SMILES string of the molecule is CN(CCc1ccccc1)C(=O)Cc1ccccc1CN. The Morgan fingerprint density at radius 3 is 2.29 bits per heavy atom. The second kappa shape index (κ2) is 7.60. The van der Waals surface area contributed by atoms with Crippen LogP contribution in [0.15, 0.2) is 54.6 Å². The van der Waals surface area contributed by atoms with Gasteiger partial charge in [-0.1, -0.05) is 54.6 Å². The highest BCUT2D eigenvalue weighted by Gasteiger charge is 2.11. The van der Waals surface area contributed by atoms with E-state index in [1.165, 1.54) is 5.56 Å². The van der Waals surface area contributed by atoms with Crippen LogP contribution in [0.1, 0.15) is 16.7 Å². The summed E-state index contributed by atoms with van der Waals surface area (Å²) in [5, 5.41) is 0. The van der Waals surface area contributed by atoms with Crippen LogP contribution < -0.4 is 5.73 Å². The lowest BCUT2D eigenvalue weighted by molar-refractivity contribution is -0.129. The van der Waals surface area contributed by atoms with Crippen LogP contribution in [-0.2, 0) is 24.2 Å². The zero-order valence-corrected chi connectivity index (χ0v) is 12.5. The maximum absolute atomic E-state index is 12.3. The molecule has 0 bridgehead atoms. The van der Waals surface area contributed by atoms with Crippen molar-refractivity contribution >= 4 is 5.91 Å². The van der Waals surface area contributed by atoms with Gasteiger partial charge in [0.05, 0.1) is 6.42 Å². The normalized spacial score (nSPS) is 10.4. The second-order valence-corrected chi connectivity index (χ2v) is 5.20. The van der Waals surface area contributed by atoms with E-state index >= 15 is 0 Å². The number of nitrogens with two attached hydrogens (primary N) is 1. The zero-order chi connectivity index (χ0) is 15.1. The van der Waals surface area contributed by atoms with Gasteiger partial charge in [0.25, 0.3) is 0 Å². The summed E-state index contributed by atoms with van der Waals surface area (Å²) >= 11 is 0.